The minimum atomic E-state index is 0.158. The fraction of sp³-hybridized carbons (Fsp3) is 0.368. The molecule has 0 atom stereocenters. The first-order valence-corrected chi connectivity index (χ1v) is 7.97. The monoisotopic (exact) mass is 310 g/mol. The molecule has 1 fully saturated rings. The van der Waals surface area contributed by atoms with Gasteiger partial charge in [-0.2, -0.15) is 0 Å². The van der Waals surface area contributed by atoms with E-state index in [1.165, 1.54) is 0 Å². The van der Waals surface area contributed by atoms with E-state index in [0.29, 0.717) is 6.54 Å². The lowest BCUT2D eigenvalue weighted by atomic mass is 10.0. The molecule has 0 aliphatic heterocycles. The summed E-state index contributed by atoms with van der Waals surface area (Å²) in [6, 6.07) is 9.94. The van der Waals surface area contributed by atoms with Crippen molar-refractivity contribution in [2.45, 2.75) is 33.2 Å². The highest BCUT2D eigenvalue weighted by Crippen LogP contribution is 2.30. The number of ether oxygens (including phenoxy) is 1. The van der Waals surface area contributed by atoms with Crippen molar-refractivity contribution < 1.29 is 9.53 Å². The molecule has 1 heterocycles. The molecule has 1 amide bonds. The molecule has 23 heavy (non-hydrogen) atoms. The molecule has 0 unspecified atom stereocenters. The Morgan fingerprint density at radius 3 is 2.57 bits per heavy atom. The van der Waals surface area contributed by atoms with Crippen molar-refractivity contribution in [3.05, 3.63) is 47.2 Å². The molecular formula is C19H22N2O2. The molecule has 1 aromatic heterocycles. The van der Waals surface area contributed by atoms with Gasteiger partial charge >= 0.3 is 0 Å². The number of nitrogens with zero attached hydrogens (tertiary/aromatic N) is 1. The van der Waals surface area contributed by atoms with Crippen LogP contribution < -0.4 is 10.1 Å². The standard InChI is InChI=1S/C19H22N2O2/c1-12-10-13(2)21-18(14-6-8-16(23-3)9-7-14)17(12)11-20-19(22)15-4-5-15/h6-10,15H,4-5,11H2,1-3H3,(H,20,22). The number of hydrogen-bond acceptors (Lipinski definition) is 3. The van der Waals surface area contributed by atoms with E-state index in [9.17, 15) is 4.79 Å². The number of pyridine rings is 1. The van der Waals surface area contributed by atoms with Gasteiger partial charge in [0, 0.05) is 29.3 Å². The maximum Gasteiger partial charge on any atom is 0.223 e. The van der Waals surface area contributed by atoms with E-state index in [2.05, 4.69) is 18.3 Å². The van der Waals surface area contributed by atoms with Crippen molar-refractivity contribution in [1.82, 2.24) is 10.3 Å². The Bertz CT molecular complexity index is 719. The third-order valence-corrected chi connectivity index (χ3v) is 4.23. The van der Waals surface area contributed by atoms with E-state index in [1.54, 1.807) is 7.11 Å². The molecule has 120 valence electrons. The second kappa shape index (κ2) is 6.41. The normalized spacial score (nSPS) is 13.7. The Morgan fingerprint density at radius 2 is 1.96 bits per heavy atom. The van der Waals surface area contributed by atoms with Crippen molar-refractivity contribution in [3.63, 3.8) is 0 Å². The summed E-state index contributed by atoms with van der Waals surface area (Å²) in [5.74, 6) is 1.20. The highest BCUT2D eigenvalue weighted by atomic mass is 16.5. The first-order valence-electron chi connectivity index (χ1n) is 7.97. The van der Waals surface area contributed by atoms with Gasteiger partial charge in [0.05, 0.1) is 12.8 Å². The number of carbonyl (C=O) groups excluding carboxylic acids is 1. The van der Waals surface area contributed by atoms with Crippen LogP contribution in [0.1, 0.15) is 29.7 Å². The first kappa shape index (κ1) is 15.5. The summed E-state index contributed by atoms with van der Waals surface area (Å²) in [6.07, 6.45) is 2.03. The van der Waals surface area contributed by atoms with E-state index in [0.717, 1.165) is 46.7 Å². The Balaban J connectivity index is 1.91. The van der Waals surface area contributed by atoms with Gasteiger partial charge in [0.15, 0.2) is 0 Å². The van der Waals surface area contributed by atoms with Crippen LogP contribution in [0.2, 0.25) is 0 Å². The lowest BCUT2D eigenvalue weighted by Crippen LogP contribution is -2.25. The number of amides is 1. The molecule has 1 saturated carbocycles. The Hall–Kier alpha value is -2.36. The number of carbonyl (C=O) groups is 1. The van der Waals surface area contributed by atoms with Crippen molar-refractivity contribution in [2.75, 3.05) is 7.11 Å². The summed E-state index contributed by atoms with van der Waals surface area (Å²) in [6.45, 7) is 4.59. The molecule has 2 aromatic rings. The minimum Gasteiger partial charge on any atom is -0.497 e. The van der Waals surface area contributed by atoms with Crippen LogP contribution in [0.5, 0.6) is 5.75 Å². The van der Waals surface area contributed by atoms with Crippen LogP contribution >= 0.6 is 0 Å². The zero-order valence-corrected chi connectivity index (χ0v) is 13.8. The van der Waals surface area contributed by atoms with Gasteiger partial charge in [0.2, 0.25) is 5.91 Å². The van der Waals surface area contributed by atoms with Crippen LogP contribution in [-0.2, 0) is 11.3 Å². The van der Waals surface area contributed by atoms with Crippen molar-refractivity contribution >= 4 is 5.91 Å². The lowest BCUT2D eigenvalue weighted by Gasteiger charge is -2.14. The number of aromatic nitrogens is 1. The van der Waals surface area contributed by atoms with Gasteiger partial charge in [-0.25, -0.2) is 0 Å². The molecule has 0 bridgehead atoms. The molecule has 0 radical (unpaired) electrons. The zero-order chi connectivity index (χ0) is 16.4. The van der Waals surface area contributed by atoms with E-state index < -0.39 is 0 Å². The first-order chi connectivity index (χ1) is 11.1. The maximum absolute atomic E-state index is 11.9. The fourth-order valence-electron chi connectivity index (χ4n) is 2.74. The smallest absolute Gasteiger partial charge is 0.223 e. The van der Waals surface area contributed by atoms with Gasteiger partial charge < -0.3 is 10.1 Å². The van der Waals surface area contributed by atoms with Gasteiger partial charge in [-0.1, -0.05) is 0 Å². The van der Waals surface area contributed by atoms with E-state index in [4.69, 9.17) is 9.72 Å². The topological polar surface area (TPSA) is 51.2 Å². The van der Waals surface area contributed by atoms with E-state index >= 15 is 0 Å². The highest BCUT2D eigenvalue weighted by Gasteiger charge is 2.29. The third kappa shape index (κ3) is 3.52. The summed E-state index contributed by atoms with van der Waals surface area (Å²) in [7, 11) is 1.66. The zero-order valence-electron chi connectivity index (χ0n) is 13.8. The average molecular weight is 310 g/mol. The summed E-state index contributed by atoms with van der Waals surface area (Å²) in [4.78, 5) is 16.6. The van der Waals surface area contributed by atoms with Crippen LogP contribution in [0.15, 0.2) is 30.3 Å². The number of rotatable bonds is 5. The van der Waals surface area contributed by atoms with Crippen LogP contribution in [0.25, 0.3) is 11.3 Å². The number of methoxy groups -OCH3 is 1. The molecule has 1 aliphatic carbocycles. The number of nitrogens with one attached hydrogen (secondary N) is 1. The Morgan fingerprint density at radius 1 is 1.26 bits per heavy atom. The molecular weight excluding hydrogens is 288 g/mol. The largest absolute Gasteiger partial charge is 0.497 e. The van der Waals surface area contributed by atoms with Crippen LogP contribution in [0, 0.1) is 19.8 Å². The van der Waals surface area contributed by atoms with E-state index in [-0.39, 0.29) is 11.8 Å². The molecule has 4 nitrogen and oxygen atoms in total. The molecule has 1 aliphatic rings. The lowest BCUT2D eigenvalue weighted by molar-refractivity contribution is -0.122. The van der Waals surface area contributed by atoms with Gasteiger partial charge in [-0.05, 0) is 62.6 Å². The molecule has 1 aromatic carbocycles. The highest BCUT2D eigenvalue weighted by molar-refractivity contribution is 5.81. The second-order valence-electron chi connectivity index (χ2n) is 6.13. The van der Waals surface area contributed by atoms with Crippen LogP contribution in [-0.4, -0.2) is 18.0 Å². The molecule has 0 spiro atoms. The summed E-state index contributed by atoms with van der Waals surface area (Å²) < 4.78 is 5.22. The molecule has 3 rings (SSSR count). The van der Waals surface area contributed by atoms with Crippen molar-refractivity contribution in [2.24, 2.45) is 5.92 Å². The van der Waals surface area contributed by atoms with Crippen molar-refractivity contribution in [1.29, 1.82) is 0 Å². The molecule has 0 saturated heterocycles. The summed E-state index contributed by atoms with van der Waals surface area (Å²) >= 11 is 0. The Labute approximate surface area is 136 Å². The van der Waals surface area contributed by atoms with E-state index in [1.807, 2.05) is 31.2 Å². The quantitative estimate of drug-likeness (QED) is 0.921. The minimum absolute atomic E-state index is 0.158. The SMILES string of the molecule is COc1ccc(-c2nc(C)cc(C)c2CNC(=O)C2CC2)cc1. The number of aryl methyl sites for hydroxylation is 2. The second-order valence-corrected chi connectivity index (χ2v) is 6.13. The predicted octanol–water partition coefficient (Wildman–Crippen LogP) is 3.40. The summed E-state index contributed by atoms with van der Waals surface area (Å²) in [5, 5.41) is 3.05. The van der Waals surface area contributed by atoms with Gasteiger partial charge in [-0.3, -0.25) is 9.78 Å². The average Bonchev–Trinajstić information content (AvgIpc) is 3.38. The summed E-state index contributed by atoms with van der Waals surface area (Å²) in [5.41, 5.74) is 5.18. The fourth-order valence-corrected chi connectivity index (χ4v) is 2.74. The third-order valence-electron chi connectivity index (χ3n) is 4.23. The van der Waals surface area contributed by atoms with Crippen LogP contribution in [0.4, 0.5) is 0 Å². The van der Waals surface area contributed by atoms with Gasteiger partial charge in [0.25, 0.3) is 0 Å². The van der Waals surface area contributed by atoms with Gasteiger partial charge in [-0.15, -0.1) is 0 Å². The number of hydrogen-bond donors (Lipinski definition) is 1. The molecule has 1 N–H and O–H groups in total. The Kier molecular flexibility index (Phi) is 4.33. The van der Waals surface area contributed by atoms with Crippen molar-refractivity contribution in [3.8, 4) is 17.0 Å². The maximum atomic E-state index is 11.9. The predicted molar refractivity (Wildman–Crippen MR) is 90.3 cm³/mol. The van der Waals surface area contributed by atoms with Gasteiger partial charge in [0.1, 0.15) is 5.75 Å². The molecule has 4 heteroatoms. The number of benzene rings is 1. The van der Waals surface area contributed by atoms with Crippen LogP contribution in [0.3, 0.4) is 0 Å².